The Labute approximate surface area is 180 Å². The van der Waals surface area contributed by atoms with E-state index in [-0.39, 0.29) is 0 Å². The van der Waals surface area contributed by atoms with E-state index in [4.69, 9.17) is 15.3 Å². The zero-order chi connectivity index (χ0) is 21.2. The van der Waals surface area contributed by atoms with Gasteiger partial charge in [-0.05, 0) is 58.3 Å². The zero-order valence-corrected chi connectivity index (χ0v) is 16.5. The van der Waals surface area contributed by atoms with Crippen molar-refractivity contribution in [2.45, 2.75) is 0 Å². The first-order valence-corrected chi connectivity index (χ1v) is 9.90. The molecule has 0 saturated heterocycles. The van der Waals surface area contributed by atoms with E-state index in [1.165, 1.54) is 0 Å². The molecule has 0 amide bonds. The fraction of sp³-hybridized carbons (Fsp3) is 0. The molecule has 5 rings (SSSR count). The molecule has 144 valence electrons. The largest absolute Gasteiger partial charge is 0.456 e. The van der Waals surface area contributed by atoms with Crippen molar-refractivity contribution in [1.82, 2.24) is 0 Å². The van der Waals surface area contributed by atoms with Crippen LogP contribution < -0.4 is 4.74 Å². The molecule has 0 saturated carbocycles. The first-order valence-electron chi connectivity index (χ1n) is 9.90. The minimum absolute atomic E-state index is 0.596. The Hall–Kier alpha value is -4.60. The van der Waals surface area contributed by atoms with Crippen LogP contribution in [0.15, 0.2) is 97.1 Å². The molecule has 0 N–H and O–H groups in total. The minimum Gasteiger partial charge on any atom is -0.456 e. The summed E-state index contributed by atoms with van der Waals surface area (Å²) < 4.78 is 6.38. The van der Waals surface area contributed by atoms with Crippen LogP contribution in [0.2, 0.25) is 0 Å². The second-order valence-corrected chi connectivity index (χ2v) is 7.22. The van der Waals surface area contributed by atoms with Crippen LogP contribution in [0.4, 0.5) is 0 Å². The maximum absolute atomic E-state index is 9.17. The lowest BCUT2D eigenvalue weighted by Gasteiger charge is -2.17. The van der Waals surface area contributed by atoms with Crippen LogP contribution in [0, 0.1) is 22.7 Å². The van der Waals surface area contributed by atoms with Gasteiger partial charge in [0.15, 0.2) is 0 Å². The van der Waals surface area contributed by atoms with Gasteiger partial charge in [0.1, 0.15) is 11.5 Å². The molecule has 0 heterocycles. The van der Waals surface area contributed by atoms with Crippen LogP contribution in [0.1, 0.15) is 11.1 Å². The first kappa shape index (κ1) is 18.4. The summed E-state index contributed by atoms with van der Waals surface area (Å²) >= 11 is 0. The van der Waals surface area contributed by atoms with Gasteiger partial charge >= 0.3 is 0 Å². The second-order valence-electron chi connectivity index (χ2n) is 7.22. The molecule has 31 heavy (non-hydrogen) atoms. The second kappa shape index (κ2) is 7.67. The number of ether oxygens (including phenoxy) is 1. The Balaban J connectivity index is 1.79. The van der Waals surface area contributed by atoms with E-state index >= 15 is 0 Å². The molecule has 0 aliphatic rings. The molecule has 0 unspecified atom stereocenters. The van der Waals surface area contributed by atoms with Gasteiger partial charge in [-0.25, -0.2) is 0 Å². The lowest BCUT2D eigenvalue weighted by molar-refractivity contribution is 0.494. The molecule has 3 nitrogen and oxygen atoms in total. The number of fused-ring (bicyclic) bond motifs is 2. The summed E-state index contributed by atoms with van der Waals surface area (Å²) in [5.74, 6) is 1.47. The van der Waals surface area contributed by atoms with Crippen molar-refractivity contribution >= 4 is 21.5 Å². The van der Waals surface area contributed by atoms with Crippen LogP contribution in [-0.2, 0) is 0 Å². The number of benzene rings is 5. The van der Waals surface area contributed by atoms with Crippen LogP contribution in [-0.4, -0.2) is 0 Å². The summed E-state index contributed by atoms with van der Waals surface area (Å²) in [5.41, 5.74) is 3.40. The summed E-state index contributed by atoms with van der Waals surface area (Å²) in [6.45, 7) is 0. The highest BCUT2D eigenvalue weighted by molar-refractivity contribution is 6.17. The number of nitrogens with zero attached hydrogens (tertiary/aromatic N) is 2. The molecule has 0 spiro atoms. The van der Waals surface area contributed by atoms with E-state index in [2.05, 4.69) is 36.4 Å². The first-order chi connectivity index (χ1) is 15.3. The summed E-state index contributed by atoms with van der Waals surface area (Å²) in [6, 6.07) is 35.5. The molecule has 0 fully saturated rings. The Morgan fingerprint density at radius 2 is 0.968 bits per heavy atom. The Morgan fingerprint density at radius 3 is 1.45 bits per heavy atom. The molecule has 0 aromatic heterocycles. The number of hydrogen-bond donors (Lipinski definition) is 0. The normalized spacial score (nSPS) is 10.5. The van der Waals surface area contributed by atoms with Crippen molar-refractivity contribution in [3.8, 4) is 34.8 Å². The molecule has 0 radical (unpaired) electrons. The molecular formula is C28H16N2O. The summed E-state index contributed by atoms with van der Waals surface area (Å²) in [7, 11) is 0. The number of nitriles is 2. The predicted molar refractivity (Wildman–Crippen MR) is 123 cm³/mol. The van der Waals surface area contributed by atoms with Gasteiger partial charge in [0, 0.05) is 10.8 Å². The number of rotatable bonds is 3. The van der Waals surface area contributed by atoms with Gasteiger partial charge in [-0.15, -0.1) is 0 Å². The molecule has 5 aromatic carbocycles. The van der Waals surface area contributed by atoms with Gasteiger partial charge in [0.25, 0.3) is 0 Å². The van der Waals surface area contributed by atoms with E-state index in [0.717, 1.165) is 38.4 Å². The fourth-order valence-electron chi connectivity index (χ4n) is 3.94. The number of hydrogen-bond acceptors (Lipinski definition) is 3. The van der Waals surface area contributed by atoms with E-state index in [1.807, 2.05) is 60.7 Å². The van der Waals surface area contributed by atoms with Crippen molar-refractivity contribution in [3.63, 3.8) is 0 Å². The highest BCUT2D eigenvalue weighted by atomic mass is 16.5. The third-order valence-corrected chi connectivity index (χ3v) is 5.39. The van der Waals surface area contributed by atoms with Gasteiger partial charge in [-0.1, -0.05) is 60.7 Å². The van der Waals surface area contributed by atoms with Crippen molar-refractivity contribution in [3.05, 3.63) is 108 Å². The summed E-state index contributed by atoms with van der Waals surface area (Å²) in [5, 5.41) is 22.4. The third-order valence-electron chi connectivity index (χ3n) is 5.39. The van der Waals surface area contributed by atoms with Crippen molar-refractivity contribution in [2.75, 3.05) is 0 Å². The Bertz CT molecular complexity index is 1450. The molecule has 0 aliphatic heterocycles. The molecule has 0 atom stereocenters. The smallest absolute Gasteiger partial charge is 0.143 e. The molecule has 0 bridgehead atoms. The maximum atomic E-state index is 9.17. The van der Waals surface area contributed by atoms with Gasteiger partial charge < -0.3 is 4.74 Å². The van der Waals surface area contributed by atoms with Gasteiger partial charge in [-0.3, -0.25) is 0 Å². The molecule has 3 heteroatoms. The maximum Gasteiger partial charge on any atom is 0.143 e. The van der Waals surface area contributed by atoms with Crippen LogP contribution >= 0.6 is 0 Å². The van der Waals surface area contributed by atoms with Gasteiger partial charge in [-0.2, -0.15) is 10.5 Å². The molecule has 5 aromatic rings. The third kappa shape index (κ3) is 3.25. The highest BCUT2D eigenvalue weighted by Crippen LogP contribution is 2.44. The summed E-state index contributed by atoms with van der Waals surface area (Å²) in [4.78, 5) is 0. The van der Waals surface area contributed by atoms with E-state index in [0.29, 0.717) is 16.9 Å². The molecule has 0 aliphatic carbocycles. The highest BCUT2D eigenvalue weighted by Gasteiger charge is 2.16. The standard InChI is InChI=1S/C28H16N2O/c29-17-19-9-13-21(14-10-19)27-23-5-1-3-7-25(23)28(26-8-4-2-6-24(26)27)31-22-15-11-20(18-30)12-16-22/h1-16H. The predicted octanol–water partition coefficient (Wildman–Crippen LogP) is 7.20. The van der Waals surface area contributed by atoms with E-state index in [1.54, 1.807) is 12.1 Å². The quantitative estimate of drug-likeness (QED) is 0.303. The Morgan fingerprint density at radius 1 is 0.516 bits per heavy atom. The SMILES string of the molecule is N#Cc1ccc(Oc2c3ccccc3c(-c3ccc(C#N)cc3)c3ccccc23)cc1. The van der Waals surface area contributed by atoms with E-state index < -0.39 is 0 Å². The van der Waals surface area contributed by atoms with Crippen LogP contribution in [0.3, 0.4) is 0 Å². The minimum atomic E-state index is 0.596. The average Bonchev–Trinajstić information content (AvgIpc) is 2.84. The lowest BCUT2D eigenvalue weighted by Crippen LogP contribution is -1.92. The van der Waals surface area contributed by atoms with Crippen LogP contribution in [0.5, 0.6) is 11.5 Å². The fourth-order valence-corrected chi connectivity index (χ4v) is 3.94. The van der Waals surface area contributed by atoms with Gasteiger partial charge in [0.05, 0.1) is 23.3 Å². The lowest BCUT2D eigenvalue weighted by atomic mass is 9.91. The average molecular weight is 396 g/mol. The monoisotopic (exact) mass is 396 g/mol. The van der Waals surface area contributed by atoms with Crippen LogP contribution in [0.25, 0.3) is 32.7 Å². The van der Waals surface area contributed by atoms with Crippen molar-refractivity contribution in [2.24, 2.45) is 0 Å². The zero-order valence-electron chi connectivity index (χ0n) is 16.5. The van der Waals surface area contributed by atoms with Crippen molar-refractivity contribution < 1.29 is 4.74 Å². The Kier molecular flexibility index (Phi) is 4.56. The van der Waals surface area contributed by atoms with Crippen molar-refractivity contribution in [1.29, 1.82) is 10.5 Å². The van der Waals surface area contributed by atoms with Gasteiger partial charge in [0.2, 0.25) is 0 Å². The van der Waals surface area contributed by atoms with E-state index in [9.17, 15) is 0 Å². The molecular weight excluding hydrogens is 380 g/mol. The topological polar surface area (TPSA) is 56.8 Å². The summed E-state index contributed by atoms with van der Waals surface area (Å²) in [6.07, 6.45) is 0.